The summed E-state index contributed by atoms with van der Waals surface area (Å²) in [4.78, 5) is 11.4. The zero-order chi connectivity index (χ0) is 14.8. The number of allylic oxidation sites excluding steroid dienone is 1. The molecule has 1 N–H and O–H groups in total. The molecule has 114 valence electrons. The monoisotopic (exact) mass is 280 g/mol. The van der Waals surface area contributed by atoms with Crippen LogP contribution in [0.4, 0.5) is 0 Å². The Morgan fingerprint density at radius 3 is 2.90 bits per heavy atom. The van der Waals surface area contributed by atoms with Crippen LogP contribution in [0.5, 0.6) is 0 Å². The number of carbonyl (C=O) groups excluding carboxylic acids is 1. The van der Waals surface area contributed by atoms with E-state index in [1.54, 1.807) is 0 Å². The van der Waals surface area contributed by atoms with E-state index in [9.17, 15) is 9.90 Å². The van der Waals surface area contributed by atoms with Gasteiger partial charge in [-0.2, -0.15) is 0 Å². The van der Waals surface area contributed by atoms with Crippen LogP contribution in [0.2, 0.25) is 0 Å². The lowest BCUT2D eigenvalue weighted by Gasteiger charge is -2.21. The molecular formula is C17H28O3. The molecule has 1 saturated carbocycles. The van der Waals surface area contributed by atoms with E-state index in [0.717, 1.165) is 25.7 Å². The molecule has 1 aliphatic heterocycles. The van der Waals surface area contributed by atoms with Gasteiger partial charge in [-0.15, -0.1) is 0 Å². The number of ether oxygens (including phenoxy) is 1. The Morgan fingerprint density at radius 1 is 1.45 bits per heavy atom. The van der Waals surface area contributed by atoms with Gasteiger partial charge in [-0.1, -0.05) is 45.3 Å². The van der Waals surface area contributed by atoms with Gasteiger partial charge in [-0.05, 0) is 31.6 Å². The Bertz CT molecular complexity index is 372. The number of aliphatic hydroxyl groups is 1. The fourth-order valence-electron chi connectivity index (χ4n) is 3.65. The third-order valence-corrected chi connectivity index (χ3v) is 4.88. The number of unbranched alkanes of at least 4 members (excludes halogenated alkanes) is 2. The number of fused-ring (bicyclic) bond motifs is 1. The Kier molecular flexibility index (Phi) is 4.90. The highest BCUT2D eigenvalue weighted by Gasteiger charge is 2.47. The van der Waals surface area contributed by atoms with Crippen LogP contribution in [-0.4, -0.2) is 22.8 Å². The smallest absolute Gasteiger partial charge is 0.306 e. The van der Waals surface area contributed by atoms with Crippen molar-refractivity contribution >= 4 is 5.97 Å². The summed E-state index contributed by atoms with van der Waals surface area (Å²) in [7, 11) is 0. The zero-order valence-corrected chi connectivity index (χ0v) is 13.0. The zero-order valence-electron chi connectivity index (χ0n) is 13.0. The van der Waals surface area contributed by atoms with Gasteiger partial charge >= 0.3 is 5.97 Å². The van der Waals surface area contributed by atoms with Gasteiger partial charge in [0.05, 0.1) is 12.0 Å². The minimum Gasteiger partial charge on any atom is -0.462 e. The highest BCUT2D eigenvalue weighted by atomic mass is 16.6. The van der Waals surface area contributed by atoms with Gasteiger partial charge in [-0.3, -0.25) is 4.79 Å². The molecular weight excluding hydrogens is 252 g/mol. The molecule has 2 fully saturated rings. The van der Waals surface area contributed by atoms with Crippen LogP contribution in [0.25, 0.3) is 0 Å². The standard InChI is InChI=1S/C17H28O3/c1-4-5-6-8-17(3,19)9-7-13-12(2)10-15-14(13)11-16(18)20-15/h7,9,12-15,19H,4-6,8,10-11H2,1-3H3/b9-7+/t12-,13+,14?,15+,17-/m1/s1. The molecule has 2 rings (SSSR count). The van der Waals surface area contributed by atoms with Gasteiger partial charge in [0.15, 0.2) is 0 Å². The molecule has 1 unspecified atom stereocenters. The third-order valence-electron chi connectivity index (χ3n) is 4.88. The molecule has 0 bridgehead atoms. The van der Waals surface area contributed by atoms with Crippen molar-refractivity contribution in [3.8, 4) is 0 Å². The summed E-state index contributed by atoms with van der Waals surface area (Å²) in [6.07, 6.45) is 9.91. The molecule has 20 heavy (non-hydrogen) atoms. The number of rotatable bonds is 6. The molecule has 0 radical (unpaired) electrons. The third kappa shape index (κ3) is 3.63. The lowest BCUT2D eigenvalue weighted by Crippen LogP contribution is -2.22. The van der Waals surface area contributed by atoms with E-state index < -0.39 is 5.60 Å². The quantitative estimate of drug-likeness (QED) is 0.460. The molecule has 0 aromatic heterocycles. The first-order valence-electron chi connectivity index (χ1n) is 8.04. The highest BCUT2D eigenvalue weighted by Crippen LogP contribution is 2.45. The van der Waals surface area contributed by atoms with E-state index in [0.29, 0.717) is 24.2 Å². The topological polar surface area (TPSA) is 46.5 Å². The van der Waals surface area contributed by atoms with Crippen molar-refractivity contribution in [2.45, 2.75) is 71.0 Å². The van der Waals surface area contributed by atoms with E-state index in [4.69, 9.17) is 4.74 Å². The van der Waals surface area contributed by atoms with Crippen molar-refractivity contribution in [1.82, 2.24) is 0 Å². The van der Waals surface area contributed by atoms with Crippen molar-refractivity contribution in [3.05, 3.63) is 12.2 Å². The summed E-state index contributed by atoms with van der Waals surface area (Å²) in [6, 6.07) is 0. The Balaban J connectivity index is 1.94. The SMILES string of the molecule is CCCCC[C@@](C)(O)/C=C/[C@@H]1C2CC(=O)O[C@H]2C[C@H]1C. The fraction of sp³-hybridized carbons (Fsp3) is 0.824. The molecule has 1 heterocycles. The molecule has 5 atom stereocenters. The molecule has 3 nitrogen and oxygen atoms in total. The average Bonchev–Trinajstić information content (AvgIpc) is 2.82. The normalized spacial score (nSPS) is 36.1. The predicted octanol–water partition coefficient (Wildman–Crippen LogP) is 3.46. The van der Waals surface area contributed by atoms with Crippen molar-refractivity contribution in [2.75, 3.05) is 0 Å². The molecule has 1 aliphatic carbocycles. The lowest BCUT2D eigenvalue weighted by atomic mass is 9.86. The second-order valence-corrected chi connectivity index (χ2v) is 6.86. The first-order valence-corrected chi connectivity index (χ1v) is 8.04. The maximum Gasteiger partial charge on any atom is 0.306 e. The Labute approximate surface area is 122 Å². The summed E-state index contributed by atoms with van der Waals surface area (Å²) in [5.74, 6) is 1.16. The van der Waals surface area contributed by atoms with Crippen LogP contribution >= 0.6 is 0 Å². The fourth-order valence-corrected chi connectivity index (χ4v) is 3.65. The van der Waals surface area contributed by atoms with Gasteiger partial charge in [0.2, 0.25) is 0 Å². The average molecular weight is 280 g/mol. The highest BCUT2D eigenvalue weighted by molar-refractivity contribution is 5.72. The molecule has 0 aromatic carbocycles. The lowest BCUT2D eigenvalue weighted by molar-refractivity contribution is -0.141. The number of hydrogen-bond donors (Lipinski definition) is 1. The van der Waals surface area contributed by atoms with Gasteiger partial charge in [0, 0.05) is 5.92 Å². The maximum absolute atomic E-state index is 11.4. The first-order chi connectivity index (χ1) is 9.43. The summed E-state index contributed by atoms with van der Waals surface area (Å²) in [6.45, 7) is 6.27. The van der Waals surface area contributed by atoms with Gasteiger partial charge in [0.1, 0.15) is 6.10 Å². The van der Waals surface area contributed by atoms with Crippen molar-refractivity contribution < 1.29 is 14.6 Å². The number of hydrogen-bond acceptors (Lipinski definition) is 3. The van der Waals surface area contributed by atoms with Crippen molar-refractivity contribution in [3.63, 3.8) is 0 Å². The van der Waals surface area contributed by atoms with E-state index >= 15 is 0 Å². The van der Waals surface area contributed by atoms with Crippen LogP contribution in [0.1, 0.15) is 59.3 Å². The number of esters is 1. The minimum absolute atomic E-state index is 0.0556. The second-order valence-electron chi connectivity index (χ2n) is 6.86. The van der Waals surface area contributed by atoms with E-state index in [2.05, 4.69) is 19.9 Å². The van der Waals surface area contributed by atoms with Crippen molar-refractivity contribution in [1.29, 1.82) is 0 Å². The van der Waals surface area contributed by atoms with Crippen LogP contribution in [0, 0.1) is 17.8 Å². The largest absolute Gasteiger partial charge is 0.462 e. The van der Waals surface area contributed by atoms with Crippen LogP contribution in [0.15, 0.2) is 12.2 Å². The molecule has 0 aromatic rings. The van der Waals surface area contributed by atoms with Crippen LogP contribution in [-0.2, 0) is 9.53 Å². The Morgan fingerprint density at radius 2 is 2.20 bits per heavy atom. The summed E-state index contributed by atoms with van der Waals surface area (Å²) < 4.78 is 5.36. The molecule has 3 heteroatoms. The first kappa shape index (κ1) is 15.6. The maximum atomic E-state index is 11.4. The van der Waals surface area contributed by atoms with Crippen LogP contribution in [0.3, 0.4) is 0 Å². The summed E-state index contributed by atoms with van der Waals surface area (Å²) in [5.41, 5.74) is -0.726. The Hall–Kier alpha value is -0.830. The molecule has 2 aliphatic rings. The van der Waals surface area contributed by atoms with Crippen LogP contribution < -0.4 is 0 Å². The second kappa shape index (κ2) is 6.30. The van der Waals surface area contributed by atoms with Gasteiger partial charge in [0.25, 0.3) is 0 Å². The van der Waals surface area contributed by atoms with Crippen molar-refractivity contribution in [2.24, 2.45) is 17.8 Å². The number of carbonyl (C=O) groups is 1. The minimum atomic E-state index is -0.726. The predicted molar refractivity (Wildman–Crippen MR) is 79.2 cm³/mol. The molecule has 1 saturated heterocycles. The van der Waals surface area contributed by atoms with Gasteiger partial charge < -0.3 is 9.84 Å². The summed E-state index contributed by atoms with van der Waals surface area (Å²) >= 11 is 0. The van der Waals surface area contributed by atoms with E-state index in [1.807, 2.05) is 13.0 Å². The molecule has 0 spiro atoms. The van der Waals surface area contributed by atoms with E-state index in [1.165, 1.54) is 6.42 Å². The van der Waals surface area contributed by atoms with Gasteiger partial charge in [-0.25, -0.2) is 0 Å². The summed E-state index contributed by atoms with van der Waals surface area (Å²) in [5, 5.41) is 10.4. The molecule has 0 amide bonds. The van der Waals surface area contributed by atoms with E-state index in [-0.39, 0.29) is 12.1 Å².